The van der Waals surface area contributed by atoms with Gasteiger partial charge in [0.2, 0.25) is 10.0 Å². The van der Waals surface area contributed by atoms with Crippen LogP contribution >= 0.6 is 11.6 Å². The van der Waals surface area contributed by atoms with Gasteiger partial charge in [0.15, 0.2) is 0 Å². The lowest BCUT2D eigenvalue weighted by atomic mass is 10.2. The van der Waals surface area contributed by atoms with Crippen LogP contribution in [-0.4, -0.2) is 27.7 Å². The number of hydrogen-bond acceptors (Lipinski definition) is 4. The van der Waals surface area contributed by atoms with Crippen LogP contribution in [0.3, 0.4) is 0 Å². The molecule has 112 valence electrons. The Hall–Kier alpha value is -0.820. The predicted molar refractivity (Wildman–Crippen MR) is 79.4 cm³/mol. The van der Waals surface area contributed by atoms with E-state index in [-0.39, 0.29) is 22.7 Å². The number of halogens is 1. The predicted octanol–water partition coefficient (Wildman–Crippen LogP) is 2.08. The van der Waals surface area contributed by atoms with Crippen molar-refractivity contribution in [2.24, 2.45) is 0 Å². The zero-order valence-corrected chi connectivity index (χ0v) is 13.1. The number of rotatable bonds is 4. The van der Waals surface area contributed by atoms with E-state index in [4.69, 9.17) is 22.1 Å². The van der Waals surface area contributed by atoms with Crippen molar-refractivity contribution in [2.45, 2.75) is 43.2 Å². The van der Waals surface area contributed by atoms with Crippen molar-refractivity contribution in [1.29, 1.82) is 0 Å². The average molecular weight is 319 g/mol. The molecule has 0 bridgehead atoms. The molecule has 5 nitrogen and oxygen atoms in total. The maximum Gasteiger partial charge on any atom is 0.240 e. The number of aryl methyl sites for hydroxylation is 1. The highest BCUT2D eigenvalue weighted by molar-refractivity contribution is 7.89. The Balaban J connectivity index is 2.19. The van der Waals surface area contributed by atoms with Gasteiger partial charge in [0.25, 0.3) is 0 Å². The Bertz CT molecular complexity index is 581. The standard InChI is InChI=1S/C13H19ClN2O3S/c1-8-5-11(7-12(15)13(8)14)20(17,18)16-9-3-4-10(6-9)19-2/h5,7,9-10,16H,3-4,6,15H2,1-2H3. The van der Waals surface area contributed by atoms with E-state index < -0.39 is 10.0 Å². The molecule has 20 heavy (non-hydrogen) atoms. The summed E-state index contributed by atoms with van der Waals surface area (Å²) in [6.07, 6.45) is 2.46. The van der Waals surface area contributed by atoms with Gasteiger partial charge in [0.05, 0.1) is 21.7 Å². The highest BCUT2D eigenvalue weighted by atomic mass is 35.5. The second-order valence-corrected chi connectivity index (χ2v) is 7.22. The number of benzene rings is 1. The summed E-state index contributed by atoms with van der Waals surface area (Å²) in [5, 5.41) is 0.393. The summed E-state index contributed by atoms with van der Waals surface area (Å²) in [4.78, 5) is 0.151. The molecule has 0 aromatic heterocycles. The highest BCUT2D eigenvalue weighted by Gasteiger charge is 2.29. The van der Waals surface area contributed by atoms with Gasteiger partial charge in [-0.15, -0.1) is 0 Å². The average Bonchev–Trinajstić information content (AvgIpc) is 2.82. The van der Waals surface area contributed by atoms with Gasteiger partial charge in [-0.3, -0.25) is 0 Å². The topological polar surface area (TPSA) is 81.4 Å². The van der Waals surface area contributed by atoms with Crippen molar-refractivity contribution >= 4 is 27.3 Å². The van der Waals surface area contributed by atoms with Crippen LogP contribution in [0.15, 0.2) is 17.0 Å². The Kier molecular flexibility index (Phi) is 4.59. The van der Waals surface area contributed by atoms with Gasteiger partial charge in [-0.25, -0.2) is 13.1 Å². The van der Waals surface area contributed by atoms with Crippen molar-refractivity contribution in [2.75, 3.05) is 12.8 Å². The number of hydrogen-bond donors (Lipinski definition) is 2. The molecule has 1 aliphatic carbocycles. The maximum absolute atomic E-state index is 12.3. The summed E-state index contributed by atoms with van der Waals surface area (Å²) in [6, 6.07) is 2.83. The molecule has 7 heteroatoms. The first-order chi connectivity index (χ1) is 9.33. The smallest absolute Gasteiger partial charge is 0.240 e. The number of anilines is 1. The minimum atomic E-state index is -3.58. The summed E-state index contributed by atoms with van der Waals surface area (Å²) >= 11 is 5.95. The largest absolute Gasteiger partial charge is 0.397 e. The monoisotopic (exact) mass is 318 g/mol. The normalized spacial score (nSPS) is 23.1. The van der Waals surface area contributed by atoms with Gasteiger partial charge in [-0.2, -0.15) is 0 Å². The Morgan fingerprint density at radius 1 is 1.40 bits per heavy atom. The van der Waals surface area contributed by atoms with E-state index in [2.05, 4.69) is 4.72 Å². The van der Waals surface area contributed by atoms with Crippen molar-refractivity contribution < 1.29 is 13.2 Å². The van der Waals surface area contributed by atoms with Crippen molar-refractivity contribution in [3.05, 3.63) is 22.7 Å². The summed E-state index contributed by atoms with van der Waals surface area (Å²) < 4.78 is 32.6. The number of nitrogen functional groups attached to an aromatic ring is 1. The van der Waals surface area contributed by atoms with Crippen LogP contribution in [0, 0.1) is 6.92 Å². The third-order valence-corrected chi connectivity index (χ3v) is 5.62. The fourth-order valence-electron chi connectivity index (χ4n) is 2.47. The number of ether oxygens (including phenoxy) is 1. The van der Waals surface area contributed by atoms with Gasteiger partial charge in [0, 0.05) is 13.2 Å². The zero-order valence-electron chi connectivity index (χ0n) is 11.5. The third-order valence-electron chi connectivity index (χ3n) is 3.61. The molecule has 3 N–H and O–H groups in total. The second kappa shape index (κ2) is 5.89. The van der Waals surface area contributed by atoms with Gasteiger partial charge >= 0.3 is 0 Å². The first-order valence-corrected chi connectivity index (χ1v) is 8.30. The fourth-order valence-corrected chi connectivity index (χ4v) is 3.98. The van der Waals surface area contributed by atoms with E-state index in [1.54, 1.807) is 14.0 Å². The van der Waals surface area contributed by atoms with E-state index in [9.17, 15) is 8.42 Å². The van der Waals surface area contributed by atoms with Crippen LogP contribution in [0.2, 0.25) is 5.02 Å². The first kappa shape index (κ1) is 15.6. The van der Waals surface area contributed by atoms with Crippen LogP contribution < -0.4 is 10.5 Å². The molecule has 0 heterocycles. The van der Waals surface area contributed by atoms with E-state index in [1.165, 1.54) is 12.1 Å². The molecule has 0 spiro atoms. The van der Waals surface area contributed by atoms with E-state index >= 15 is 0 Å². The lowest BCUT2D eigenvalue weighted by Crippen LogP contribution is -2.33. The Morgan fingerprint density at radius 2 is 2.10 bits per heavy atom. The molecule has 0 radical (unpaired) electrons. The number of sulfonamides is 1. The minimum Gasteiger partial charge on any atom is -0.397 e. The van der Waals surface area contributed by atoms with Crippen molar-refractivity contribution in [3.8, 4) is 0 Å². The van der Waals surface area contributed by atoms with E-state index in [0.717, 1.165) is 12.8 Å². The maximum atomic E-state index is 12.3. The summed E-state index contributed by atoms with van der Waals surface area (Å²) in [6.45, 7) is 1.73. The Labute approximate surface area is 124 Å². The molecular weight excluding hydrogens is 300 g/mol. The van der Waals surface area contributed by atoms with Gasteiger partial charge < -0.3 is 10.5 Å². The lowest BCUT2D eigenvalue weighted by Gasteiger charge is -2.14. The number of nitrogens with one attached hydrogen (secondary N) is 1. The molecule has 1 fully saturated rings. The summed E-state index contributed by atoms with van der Waals surface area (Å²) in [7, 11) is -1.94. The van der Waals surface area contributed by atoms with Crippen molar-refractivity contribution in [1.82, 2.24) is 4.72 Å². The second-order valence-electron chi connectivity index (χ2n) is 5.13. The lowest BCUT2D eigenvalue weighted by molar-refractivity contribution is 0.107. The van der Waals surface area contributed by atoms with Gasteiger partial charge in [-0.05, 0) is 43.9 Å². The van der Waals surface area contributed by atoms with Gasteiger partial charge in [-0.1, -0.05) is 11.6 Å². The van der Waals surface area contributed by atoms with Crippen molar-refractivity contribution in [3.63, 3.8) is 0 Å². The zero-order chi connectivity index (χ0) is 14.9. The Morgan fingerprint density at radius 3 is 2.65 bits per heavy atom. The molecular formula is C13H19ClN2O3S. The van der Waals surface area contributed by atoms with Crippen LogP contribution in [0.1, 0.15) is 24.8 Å². The van der Waals surface area contributed by atoms with Crippen LogP contribution in [-0.2, 0) is 14.8 Å². The summed E-state index contributed by atoms with van der Waals surface area (Å²) in [5.41, 5.74) is 6.64. The molecule has 2 rings (SSSR count). The quantitative estimate of drug-likeness (QED) is 0.833. The van der Waals surface area contributed by atoms with Crippen LogP contribution in [0.4, 0.5) is 5.69 Å². The molecule has 0 aliphatic heterocycles. The molecule has 1 aliphatic rings. The molecule has 2 atom stereocenters. The minimum absolute atomic E-state index is 0.0952. The summed E-state index contributed by atoms with van der Waals surface area (Å²) in [5.74, 6) is 0. The highest BCUT2D eigenvalue weighted by Crippen LogP contribution is 2.28. The van der Waals surface area contributed by atoms with Crippen LogP contribution in [0.25, 0.3) is 0 Å². The number of nitrogens with two attached hydrogens (primary N) is 1. The number of methoxy groups -OCH3 is 1. The van der Waals surface area contributed by atoms with Crippen LogP contribution in [0.5, 0.6) is 0 Å². The molecule has 1 aromatic rings. The third kappa shape index (κ3) is 3.25. The SMILES string of the molecule is COC1CCC(NS(=O)(=O)c2cc(C)c(Cl)c(N)c2)C1. The van der Waals surface area contributed by atoms with Gasteiger partial charge in [0.1, 0.15) is 0 Å². The first-order valence-electron chi connectivity index (χ1n) is 6.44. The fraction of sp³-hybridized carbons (Fsp3) is 0.538. The van der Waals surface area contributed by atoms with E-state index in [0.29, 0.717) is 17.0 Å². The molecule has 1 aromatic carbocycles. The molecule has 2 unspecified atom stereocenters. The molecule has 1 saturated carbocycles. The molecule has 0 saturated heterocycles. The molecule has 0 amide bonds. The van der Waals surface area contributed by atoms with E-state index in [1.807, 2.05) is 0 Å².